The normalized spacial score (nSPS) is 28.6. The Morgan fingerprint density at radius 1 is 1.13 bits per heavy atom. The highest BCUT2D eigenvalue weighted by atomic mass is 16.3. The van der Waals surface area contributed by atoms with Crippen LogP contribution in [0.1, 0.15) is 48.7 Å². The molecule has 0 spiro atoms. The average Bonchev–Trinajstić information content (AvgIpc) is 2.86. The lowest BCUT2D eigenvalue weighted by Crippen LogP contribution is -2.66. The molecule has 0 heterocycles. The van der Waals surface area contributed by atoms with Gasteiger partial charge in [0.25, 0.3) is 0 Å². The minimum absolute atomic E-state index is 0.0409. The van der Waals surface area contributed by atoms with E-state index in [1.54, 1.807) is 32.1 Å². The molecule has 10 nitrogen and oxygen atoms in total. The van der Waals surface area contributed by atoms with Gasteiger partial charge in [-0.25, -0.2) is 0 Å². The van der Waals surface area contributed by atoms with E-state index >= 15 is 0 Å². The van der Waals surface area contributed by atoms with Crippen LogP contribution >= 0.6 is 0 Å². The van der Waals surface area contributed by atoms with E-state index in [9.17, 15) is 34.8 Å². The molecule has 1 aromatic rings. The summed E-state index contributed by atoms with van der Waals surface area (Å²) in [5, 5.41) is 48.9. The lowest BCUT2D eigenvalue weighted by Gasteiger charge is -2.55. The molecule has 0 fully saturated rings. The van der Waals surface area contributed by atoms with Gasteiger partial charge in [-0.3, -0.25) is 19.3 Å². The number of ketones is 3. The highest BCUT2D eigenvalue weighted by Crippen LogP contribution is 2.58. The maximum atomic E-state index is 14.2. The molecule has 0 amide bonds. The number of likely N-dealkylation sites (N-methyl/N-ethyl adjacent to an activating group) is 1. The van der Waals surface area contributed by atoms with Gasteiger partial charge in [0.1, 0.15) is 22.8 Å². The van der Waals surface area contributed by atoms with E-state index in [0.717, 1.165) is 12.5 Å². The van der Waals surface area contributed by atoms with Crippen molar-refractivity contribution >= 4 is 17.3 Å². The fraction of sp³-hybridized carbons (Fsp3) is 0.552. The maximum Gasteiger partial charge on any atom is 0.209 e. The number of phenols is 1. The summed E-state index contributed by atoms with van der Waals surface area (Å²) in [4.78, 5) is 44.1. The predicted molar refractivity (Wildman–Crippen MR) is 145 cm³/mol. The van der Waals surface area contributed by atoms with E-state index in [0.29, 0.717) is 31.7 Å². The Morgan fingerprint density at radius 3 is 2.31 bits per heavy atom. The number of hydrogen-bond donors (Lipinski definition) is 5. The number of Topliss-reactive ketones (excluding diaryl/α,β-unsaturated/α-hetero) is 3. The summed E-state index contributed by atoms with van der Waals surface area (Å²) >= 11 is 0. The third-order valence-corrected chi connectivity index (χ3v) is 8.82. The maximum absolute atomic E-state index is 14.2. The van der Waals surface area contributed by atoms with Gasteiger partial charge >= 0.3 is 0 Å². The second kappa shape index (κ2) is 10.2. The molecule has 5 N–H and O–H groups in total. The molecule has 4 rings (SSSR count). The summed E-state index contributed by atoms with van der Waals surface area (Å²) in [5.41, 5.74) is -2.84. The zero-order valence-electron chi connectivity index (χ0n) is 23.5. The molecule has 39 heavy (non-hydrogen) atoms. The van der Waals surface area contributed by atoms with Gasteiger partial charge in [-0.2, -0.15) is 0 Å². The van der Waals surface area contributed by atoms with E-state index in [4.69, 9.17) is 0 Å². The number of fused-ring (bicyclic) bond motifs is 3. The Labute approximate surface area is 228 Å². The van der Waals surface area contributed by atoms with Crippen molar-refractivity contribution in [3.8, 4) is 5.75 Å². The van der Waals surface area contributed by atoms with E-state index in [1.165, 1.54) is 6.07 Å². The molecule has 0 bridgehead atoms. The summed E-state index contributed by atoms with van der Waals surface area (Å²) in [6.45, 7) is 7.17. The van der Waals surface area contributed by atoms with Crippen LogP contribution in [0.5, 0.6) is 5.75 Å². The first-order chi connectivity index (χ1) is 18.3. The molecular formula is C29H39N3O7. The van der Waals surface area contributed by atoms with E-state index < -0.39 is 57.4 Å². The highest BCUT2D eigenvalue weighted by Gasteiger charge is 2.66. The molecule has 0 radical (unpaired) electrons. The quantitative estimate of drug-likeness (QED) is 0.307. The minimum atomic E-state index is -2.60. The second-order valence-corrected chi connectivity index (χ2v) is 11.2. The molecule has 0 aromatic heterocycles. The SMILES string of the molecule is CCN(CC)C[C@@]12Cc3c(CNC)ccc(O)c3C(=O)C1=C(O)[C@]1(O)C(=O)C(C(C)=O)=C(O)[C@@H](N(C)C)[C@@H]1C2. The zero-order chi connectivity index (χ0) is 29.0. The largest absolute Gasteiger partial charge is 0.510 e. The Bertz CT molecular complexity index is 1300. The Hall–Kier alpha value is -3.05. The second-order valence-electron chi connectivity index (χ2n) is 11.2. The fourth-order valence-electron chi connectivity index (χ4n) is 7.03. The minimum Gasteiger partial charge on any atom is -0.510 e. The van der Waals surface area contributed by atoms with Crippen LogP contribution in [0.15, 0.2) is 34.8 Å². The van der Waals surface area contributed by atoms with Crippen molar-refractivity contribution in [1.29, 1.82) is 0 Å². The Kier molecular flexibility index (Phi) is 7.54. The monoisotopic (exact) mass is 541 g/mol. The number of benzene rings is 1. The van der Waals surface area contributed by atoms with Crippen molar-refractivity contribution in [3.05, 3.63) is 51.5 Å². The molecule has 3 aliphatic carbocycles. The Morgan fingerprint density at radius 2 is 1.77 bits per heavy atom. The van der Waals surface area contributed by atoms with Gasteiger partial charge < -0.3 is 30.6 Å². The number of phenolic OH excluding ortho intramolecular Hbond substituents is 1. The van der Waals surface area contributed by atoms with Gasteiger partial charge in [-0.1, -0.05) is 19.9 Å². The molecule has 10 heteroatoms. The van der Waals surface area contributed by atoms with Crippen molar-refractivity contribution in [3.63, 3.8) is 0 Å². The van der Waals surface area contributed by atoms with Crippen molar-refractivity contribution in [1.82, 2.24) is 15.1 Å². The molecule has 0 saturated carbocycles. The van der Waals surface area contributed by atoms with Crippen LogP contribution in [0.3, 0.4) is 0 Å². The summed E-state index contributed by atoms with van der Waals surface area (Å²) in [7, 11) is 5.10. The fourth-order valence-corrected chi connectivity index (χ4v) is 7.03. The zero-order valence-corrected chi connectivity index (χ0v) is 23.5. The number of rotatable bonds is 8. The lowest BCUT2D eigenvalue weighted by atomic mass is 9.52. The van der Waals surface area contributed by atoms with Crippen molar-refractivity contribution in [2.45, 2.75) is 51.8 Å². The Balaban J connectivity index is 2.08. The summed E-state index contributed by atoms with van der Waals surface area (Å²) in [6, 6.07) is 2.22. The van der Waals surface area contributed by atoms with Gasteiger partial charge in [0.05, 0.1) is 11.6 Å². The molecule has 4 atom stereocenters. The van der Waals surface area contributed by atoms with Crippen LogP contribution in [-0.2, 0) is 22.6 Å². The summed E-state index contributed by atoms with van der Waals surface area (Å²) in [5.74, 6) is -5.07. The van der Waals surface area contributed by atoms with Crippen LogP contribution < -0.4 is 5.32 Å². The molecule has 0 saturated heterocycles. The topological polar surface area (TPSA) is 151 Å². The third kappa shape index (κ3) is 4.12. The molecule has 3 aliphatic rings. The van der Waals surface area contributed by atoms with Crippen molar-refractivity contribution in [2.75, 3.05) is 40.8 Å². The van der Waals surface area contributed by atoms with Crippen LogP contribution in [0, 0.1) is 11.3 Å². The molecule has 0 unspecified atom stereocenters. The first kappa shape index (κ1) is 28.9. The van der Waals surface area contributed by atoms with Gasteiger partial charge in [-0.15, -0.1) is 0 Å². The number of carbonyl (C=O) groups excluding carboxylic acids is 3. The molecular weight excluding hydrogens is 502 g/mol. The van der Waals surface area contributed by atoms with Crippen molar-refractivity contribution in [2.24, 2.45) is 11.3 Å². The molecule has 0 aliphatic heterocycles. The first-order valence-corrected chi connectivity index (χ1v) is 13.4. The number of aliphatic hydroxyl groups excluding tert-OH is 2. The van der Waals surface area contributed by atoms with Crippen LogP contribution in [0.2, 0.25) is 0 Å². The van der Waals surface area contributed by atoms with E-state index in [-0.39, 0.29) is 29.7 Å². The average molecular weight is 542 g/mol. The lowest BCUT2D eigenvalue weighted by molar-refractivity contribution is -0.150. The number of carbonyl (C=O) groups is 3. The van der Waals surface area contributed by atoms with Crippen LogP contribution in [-0.4, -0.2) is 100.0 Å². The predicted octanol–water partition coefficient (Wildman–Crippen LogP) is 1.66. The van der Waals surface area contributed by atoms with E-state index in [1.807, 2.05) is 13.8 Å². The molecule has 212 valence electrons. The standard InChI is InChI=1S/C29H39N3O7/c1-7-32(8-2)14-28-11-17-16(13-30-4)9-10-19(34)21(17)24(35)22(28)27(38)29(39)18(12-28)23(31(5)6)25(36)20(15(3)33)26(29)37/h9-10,18,23,30,34,36,38-39H,7-8,11-14H2,1-6H3/t18-,23-,28-,29+/m0/s1. The van der Waals surface area contributed by atoms with Gasteiger partial charge in [-0.05, 0) is 71.2 Å². The van der Waals surface area contributed by atoms with Gasteiger partial charge in [0.2, 0.25) is 5.78 Å². The van der Waals surface area contributed by atoms with Gasteiger partial charge in [0.15, 0.2) is 17.2 Å². The number of nitrogens with one attached hydrogen (secondary N) is 1. The summed E-state index contributed by atoms with van der Waals surface area (Å²) in [6.07, 6.45) is 0.337. The number of nitrogens with zero attached hydrogens (tertiary/aromatic N) is 2. The summed E-state index contributed by atoms with van der Waals surface area (Å²) < 4.78 is 0. The molecule has 1 aromatic carbocycles. The first-order valence-electron chi connectivity index (χ1n) is 13.4. The van der Waals surface area contributed by atoms with Crippen LogP contribution in [0.4, 0.5) is 0 Å². The number of hydrogen-bond acceptors (Lipinski definition) is 10. The van der Waals surface area contributed by atoms with Crippen molar-refractivity contribution < 1.29 is 34.8 Å². The smallest absolute Gasteiger partial charge is 0.209 e. The van der Waals surface area contributed by atoms with Crippen LogP contribution in [0.25, 0.3) is 0 Å². The third-order valence-electron chi connectivity index (χ3n) is 8.82. The number of aromatic hydroxyl groups is 1. The highest BCUT2D eigenvalue weighted by molar-refractivity contribution is 6.25. The van der Waals surface area contributed by atoms with Gasteiger partial charge in [0, 0.05) is 30.0 Å². The van der Waals surface area contributed by atoms with E-state index in [2.05, 4.69) is 10.2 Å². The number of aliphatic hydroxyl groups is 3.